The molecule has 0 unspecified atom stereocenters. The predicted octanol–water partition coefficient (Wildman–Crippen LogP) is 5.64. The van der Waals surface area contributed by atoms with Crippen LogP contribution in [0.25, 0.3) is 21.3 Å². The van der Waals surface area contributed by atoms with Crippen LogP contribution in [-0.2, 0) is 13.0 Å². The quantitative estimate of drug-likeness (QED) is 0.479. The number of aromatic nitrogens is 2. The van der Waals surface area contributed by atoms with Gasteiger partial charge >= 0.3 is 0 Å². The number of aryl methyl sites for hydroxylation is 2. The van der Waals surface area contributed by atoms with Crippen molar-refractivity contribution < 1.29 is 0 Å². The monoisotopic (exact) mass is 437 g/mol. The number of rotatable bonds is 7. The maximum atomic E-state index is 13.5. The summed E-state index contributed by atoms with van der Waals surface area (Å²) in [5.41, 5.74) is 1.87. The van der Waals surface area contributed by atoms with Crippen LogP contribution in [0.15, 0.2) is 23.0 Å². The van der Waals surface area contributed by atoms with Crippen molar-refractivity contribution >= 4 is 44.8 Å². The Kier molecular flexibility index (Phi) is 6.81. The first kappa shape index (κ1) is 21.3. The summed E-state index contributed by atoms with van der Waals surface area (Å²) in [4.78, 5) is 22.5. The molecule has 0 aliphatic rings. The highest BCUT2D eigenvalue weighted by molar-refractivity contribution is 7.19. The molecule has 0 radical (unpaired) electrons. The van der Waals surface area contributed by atoms with Crippen molar-refractivity contribution in [3.8, 4) is 11.1 Å². The molecule has 150 valence electrons. The first-order chi connectivity index (χ1) is 13.4. The molecular formula is C21H25Cl2N3OS. The summed E-state index contributed by atoms with van der Waals surface area (Å²) in [6.07, 6.45) is 0.828. The van der Waals surface area contributed by atoms with Gasteiger partial charge < -0.3 is 4.90 Å². The molecule has 28 heavy (non-hydrogen) atoms. The number of hydrogen-bond acceptors (Lipinski definition) is 4. The van der Waals surface area contributed by atoms with Gasteiger partial charge in [0.1, 0.15) is 10.7 Å². The molecule has 0 spiro atoms. The van der Waals surface area contributed by atoms with Gasteiger partial charge in [0.2, 0.25) is 0 Å². The molecule has 0 saturated heterocycles. The van der Waals surface area contributed by atoms with Crippen molar-refractivity contribution in [2.45, 2.75) is 40.7 Å². The van der Waals surface area contributed by atoms with Crippen LogP contribution in [-0.4, -0.2) is 34.1 Å². The lowest BCUT2D eigenvalue weighted by molar-refractivity contribution is 0.288. The van der Waals surface area contributed by atoms with E-state index in [-0.39, 0.29) is 5.56 Å². The molecule has 0 bridgehead atoms. The predicted molar refractivity (Wildman–Crippen MR) is 121 cm³/mol. The van der Waals surface area contributed by atoms with Crippen LogP contribution in [0.4, 0.5) is 0 Å². The third-order valence-corrected chi connectivity index (χ3v) is 7.11. The number of fused-ring (bicyclic) bond motifs is 1. The molecule has 2 heterocycles. The minimum absolute atomic E-state index is 0.0201. The number of halogens is 2. The summed E-state index contributed by atoms with van der Waals surface area (Å²) in [5.74, 6) is 0.759. The van der Waals surface area contributed by atoms with Crippen LogP contribution in [0.1, 0.15) is 31.5 Å². The molecule has 0 amide bonds. The average Bonchev–Trinajstić information content (AvgIpc) is 3.05. The zero-order valence-corrected chi connectivity index (χ0v) is 19.0. The van der Waals surface area contributed by atoms with Gasteiger partial charge in [-0.25, -0.2) is 4.98 Å². The Bertz CT molecular complexity index is 1050. The van der Waals surface area contributed by atoms with Gasteiger partial charge in [-0.3, -0.25) is 9.36 Å². The van der Waals surface area contributed by atoms with Gasteiger partial charge in [-0.2, -0.15) is 0 Å². The van der Waals surface area contributed by atoms with Crippen LogP contribution < -0.4 is 5.56 Å². The lowest BCUT2D eigenvalue weighted by Crippen LogP contribution is -2.32. The Labute approximate surface area is 179 Å². The average molecular weight is 438 g/mol. The van der Waals surface area contributed by atoms with Crippen LogP contribution in [0.2, 0.25) is 10.0 Å². The Hall–Kier alpha value is -1.40. The SMILES string of the molecule is CCc1sc2nc(C)n(CCN(CC)CC)c(=O)c2c1-c1ccc(Cl)c(Cl)c1. The molecule has 2 aromatic heterocycles. The van der Waals surface area contributed by atoms with Gasteiger partial charge in [-0.1, -0.05) is 50.0 Å². The highest BCUT2D eigenvalue weighted by Crippen LogP contribution is 2.38. The summed E-state index contributed by atoms with van der Waals surface area (Å²) in [6, 6.07) is 5.54. The molecule has 7 heteroatoms. The van der Waals surface area contributed by atoms with Crippen molar-refractivity contribution in [2.24, 2.45) is 0 Å². The van der Waals surface area contributed by atoms with E-state index in [1.54, 1.807) is 22.0 Å². The Morgan fingerprint density at radius 2 is 1.86 bits per heavy atom. The zero-order valence-electron chi connectivity index (χ0n) is 16.7. The smallest absolute Gasteiger partial charge is 0.262 e. The van der Waals surface area contributed by atoms with Crippen molar-refractivity contribution in [1.29, 1.82) is 0 Å². The van der Waals surface area contributed by atoms with Crippen LogP contribution in [0.3, 0.4) is 0 Å². The van der Waals surface area contributed by atoms with E-state index in [4.69, 9.17) is 28.2 Å². The molecule has 0 N–H and O–H groups in total. The van der Waals surface area contributed by atoms with Gasteiger partial charge in [-0.15, -0.1) is 11.3 Å². The number of likely N-dealkylation sites (N-methyl/N-ethyl adjacent to an activating group) is 1. The van der Waals surface area contributed by atoms with Crippen LogP contribution >= 0.6 is 34.5 Å². The summed E-state index contributed by atoms with van der Waals surface area (Å²) in [7, 11) is 0. The number of hydrogen-bond donors (Lipinski definition) is 0. The van der Waals surface area contributed by atoms with E-state index in [0.717, 1.165) is 52.7 Å². The van der Waals surface area contributed by atoms with E-state index in [1.165, 1.54) is 0 Å². The van der Waals surface area contributed by atoms with E-state index >= 15 is 0 Å². The van der Waals surface area contributed by atoms with Crippen molar-refractivity contribution in [1.82, 2.24) is 14.5 Å². The van der Waals surface area contributed by atoms with Gasteiger partial charge in [0.05, 0.1) is 15.4 Å². The first-order valence-electron chi connectivity index (χ1n) is 9.61. The number of benzene rings is 1. The molecule has 0 atom stereocenters. The van der Waals surface area contributed by atoms with Gasteiger partial charge in [0.15, 0.2) is 0 Å². The molecule has 4 nitrogen and oxygen atoms in total. The van der Waals surface area contributed by atoms with E-state index in [9.17, 15) is 4.79 Å². The lowest BCUT2D eigenvalue weighted by Gasteiger charge is -2.19. The normalized spacial score (nSPS) is 11.7. The van der Waals surface area contributed by atoms with Crippen molar-refractivity contribution in [3.63, 3.8) is 0 Å². The summed E-state index contributed by atoms with van der Waals surface area (Å²) >= 11 is 13.9. The second-order valence-corrected chi connectivity index (χ2v) is 8.60. The zero-order chi connectivity index (χ0) is 20.4. The third kappa shape index (κ3) is 3.99. The summed E-state index contributed by atoms with van der Waals surface area (Å²) in [5, 5.41) is 1.68. The first-order valence-corrected chi connectivity index (χ1v) is 11.2. The van der Waals surface area contributed by atoms with E-state index in [0.29, 0.717) is 22.0 Å². The van der Waals surface area contributed by atoms with Gasteiger partial charge in [0, 0.05) is 23.5 Å². The molecule has 0 fully saturated rings. The largest absolute Gasteiger partial charge is 0.302 e. The molecule has 3 aromatic rings. The Balaban J connectivity index is 2.19. The topological polar surface area (TPSA) is 38.1 Å². The number of nitrogens with zero attached hydrogens (tertiary/aromatic N) is 3. The maximum absolute atomic E-state index is 13.5. The fourth-order valence-corrected chi connectivity index (χ4v) is 4.95. The minimum Gasteiger partial charge on any atom is -0.302 e. The summed E-state index contributed by atoms with van der Waals surface area (Å²) in [6.45, 7) is 11.7. The highest BCUT2D eigenvalue weighted by atomic mass is 35.5. The molecule has 0 aliphatic heterocycles. The van der Waals surface area contributed by atoms with Crippen molar-refractivity contribution in [2.75, 3.05) is 19.6 Å². The Morgan fingerprint density at radius 1 is 1.14 bits per heavy atom. The standard InChI is InChI=1S/C21H25Cl2N3OS/c1-5-17-18(14-8-9-15(22)16(23)12-14)19-20(28-17)24-13(4)26(21(19)27)11-10-25(6-2)7-3/h8-9,12H,5-7,10-11H2,1-4H3. The molecule has 3 rings (SSSR count). The minimum atomic E-state index is 0.0201. The molecule has 1 aromatic carbocycles. The van der Waals surface area contributed by atoms with E-state index in [1.807, 2.05) is 19.1 Å². The van der Waals surface area contributed by atoms with E-state index < -0.39 is 0 Å². The molecule has 0 aliphatic carbocycles. The van der Waals surface area contributed by atoms with Gasteiger partial charge in [-0.05, 0) is 44.1 Å². The van der Waals surface area contributed by atoms with E-state index in [2.05, 4.69) is 25.7 Å². The molecule has 0 saturated carbocycles. The summed E-state index contributed by atoms with van der Waals surface area (Å²) < 4.78 is 1.80. The lowest BCUT2D eigenvalue weighted by atomic mass is 10.0. The van der Waals surface area contributed by atoms with Gasteiger partial charge in [0.25, 0.3) is 5.56 Å². The third-order valence-electron chi connectivity index (χ3n) is 5.14. The number of thiophene rings is 1. The van der Waals surface area contributed by atoms with Crippen molar-refractivity contribution in [3.05, 3.63) is 49.3 Å². The Morgan fingerprint density at radius 3 is 2.46 bits per heavy atom. The molecular weight excluding hydrogens is 413 g/mol. The second kappa shape index (κ2) is 8.95. The highest BCUT2D eigenvalue weighted by Gasteiger charge is 2.20. The fourth-order valence-electron chi connectivity index (χ4n) is 3.48. The fraction of sp³-hybridized carbons (Fsp3) is 0.429. The maximum Gasteiger partial charge on any atom is 0.262 e. The van der Waals surface area contributed by atoms with Crippen LogP contribution in [0, 0.1) is 6.92 Å². The second-order valence-electron chi connectivity index (χ2n) is 6.71. The van der Waals surface area contributed by atoms with Crippen LogP contribution in [0.5, 0.6) is 0 Å².